The second-order valence-electron chi connectivity index (χ2n) is 4.37. The molecule has 100 valence electrons. The van der Waals surface area contributed by atoms with Gasteiger partial charge in [0.2, 0.25) is 0 Å². The van der Waals surface area contributed by atoms with Gasteiger partial charge >= 0.3 is 0 Å². The van der Waals surface area contributed by atoms with Crippen molar-refractivity contribution in [2.45, 2.75) is 32.0 Å². The first-order valence-electron chi connectivity index (χ1n) is 5.71. The van der Waals surface area contributed by atoms with Crippen molar-refractivity contribution in [1.82, 2.24) is 0 Å². The Morgan fingerprint density at radius 3 is 2.28 bits per heavy atom. The fourth-order valence-electron chi connectivity index (χ4n) is 1.98. The van der Waals surface area contributed by atoms with Crippen LogP contribution < -0.4 is 5.32 Å². The maximum Gasteiger partial charge on any atom is 0.185 e. The summed E-state index contributed by atoms with van der Waals surface area (Å²) in [6, 6.07) is 0.185. The van der Waals surface area contributed by atoms with Crippen LogP contribution in [0.15, 0.2) is 6.07 Å². The van der Waals surface area contributed by atoms with Gasteiger partial charge in [-0.15, -0.1) is 0 Å². The number of ether oxygens (including phenoxy) is 1. The van der Waals surface area contributed by atoms with E-state index in [9.17, 15) is 17.6 Å². The zero-order chi connectivity index (χ0) is 13.3. The topological polar surface area (TPSA) is 21.3 Å². The molecule has 6 heteroatoms. The Bertz CT molecular complexity index is 426. The number of hydrogen-bond donors (Lipinski definition) is 1. The molecule has 1 aromatic carbocycles. The highest BCUT2D eigenvalue weighted by atomic mass is 19.2. The molecule has 2 atom stereocenters. The average molecular weight is 263 g/mol. The van der Waals surface area contributed by atoms with Gasteiger partial charge in [-0.25, -0.2) is 17.6 Å². The summed E-state index contributed by atoms with van der Waals surface area (Å²) in [7, 11) is 0. The first-order chi connectivity index (χ1) is 8.49. The lowest BCUT2D eigenvalue weighted by molar-refractivity contribution is 0.0636. The van der Waals surface area contributed by atoms with E-state index in [4.69, 9.17) is 4.74 Å². The normalized spacial score (nSPS) is 23.4. The van der Waals surface area contributed by atoms with Crippen molar-refractivity contribution >= 4 is 5.69 Å². The molecule has 0 bridgehead atoms. The minimum Gasteiger partial charge on any atom is -0.378 e. The van der Waals surface area contributed by atoms with Gasteiger partial charge in [-0.2, -0.15) is 0 Å². The highest BCUT2D eigenvalue weighted by molar-refractivity contribution is 5.47. The number of benzene rings is 1. The molecule has 1 heterocycles. The molecular formula is C12H13F4NO. The molecule has 0 aliphatic carbocycles. The van der Waals surface area contributed by atoms with E-state index in [0.29, 0.717) is 0 Å². The van der Waals surface area contributed by atoms with E-state index in [1.165, 1.54) is 0 Å². The first kappa shape index (κ1) is 13.1. The van der Waals surface area contributed by atoms with E-state index in [1.807, 2.05) is 6.92 Å². The molecule has 1 aliphatic heterocycles. The van der Waals surface area contributed by atoms with Crippen LogP contribution in [-0.2, 0) is 4.74 Å². The molecule has 1 aliphatic rings. The number of halogens is 4. The quantitative estimate of drug-likeness (QED) is 0.667. The highest BCUT2D eigenvalue weighted by Gasteiger charge is 2.24. The molecule has 1 saturated heterocycles. The van der Waals surface area contributed by atoms with Gasteiger partial charge in [-0.3, -0.25) is 0 Å². The molecule has 2 nitrogen and oxygen atoms in total. The van der Waals surface area contributed by atoms with Crippen LogP contribution in [0.4, 0.5) is 23.2 Å². The Balaban J connectivity index is 2.09. The maximum atomic E-state index is 13.3. The van der Waals surface area contributed by atoms with Crippen LogP contribution in [0.2, 0.25) is 0 Å². The van der Waals surface area contributed by atoms with Crippen LogP contribution in [-0.4, -0.2) is 18.8 Å². The number of hydrogen-bond acceptors (Lipinski definition) is 2. The third kappa shape index (κ3) is 2.58. The smallest absolute Gasteiger partial charge is 0.185 e. The largest absolute Gasteiger partial charge is 0.378 e. The minimum absolute atomic E-state index is 0.0933. The molecular weight excluding hydrogens is 250 g/mol. The lowest BCUT2D eigenvalue weighted by atomic mass is 10.2. The summed E-state index contributed by atoms with van der Waals surface area (Å²) in [4.78, 5) is 0. The van der Waals surface area contributed by atoms with E-state index < -0.39 is 29.0 Å². The lowest BCUT2D eigenvalue weighted by Gasteiger charge is -2.14. The molecule has 0 amide bonds. The van der Waals surface area contributed by atoms with Gasteiger partial charge in [0.25, 0.3) is 0 Å². The lowest BCUT2D eigenvalue weighted by Crippen LogP contribution is -2.21. The second-order valence-corrected chi connectivity index (χ2v) is 4.37. The van der Waals surface area contributed by atoms with Crippen molar-refractivity contribution in [3.05, 3.63) is 29.3 Å². The Labute approximate surface area is 102 Å². The Hall–Kier alpha value is -1.30. The standard InChI is InChI=1S/C12H13F4NO/c1-6-2-3-7(18-6)5-17-12-10(15)8(13)4-9(14)11(12)16/h4,6-7,17H,2-3,5H2,1H3. The first-order valence-corrected chi connectivity index (χ1v) is 5.71. The maximum absolute atomic E-state index is 13.3. The predicted molar refractivity (Wildman–Crippen MR) is 58.3 cm³/mol. The minimum atomic E-state index is -1.42. The van der Waals surface area contributed by atoms with Gasteiger partial charge in [0.1, 0.15) is 5.69 Å². The molecule has 0 aromatic heterocycles. The van der Waals surface area contributed by atoms with Crippen molar-refractivity contribution in [2.75, 3.05) is 11.9 Å². The number of anilines is 1. The van der Waals surface area contributed by atoms with Crippen LogP contribution in [0.25, 0.3) is 0 Å². The van der Waals surface area contributed by atoms with E-state index in [-0.39, 0.29) is 24.8 Å². The Morgan fingerprint density at radius 2 is 1.78 bits per heavy atom. The second kappa shape index (κ2) is 5.14. The third-order valence-corrected chi connectivity index (χ3v) is 2.94. The average Bonchev–Trinajstić information content (AvgIpc) is 2.73. The van der Waals surface area contributed by atoms with Crippen molar-refractivity contribution in [3.63, 3.8) is 0 Å². The summed E-state index contributed by atoms with van der Waals surface area (Å²) in [6.07, 6.45) is 1.49. The van der Waals surface area contributed by atoms with Crippen LogP contribution in [0, 0.1) is 23.3 Å². The SMILES string of the molecule is CC1CCC(CNc2c(F)c(F)cc(F)c2F)O1. The fourth-order valence-corrected chi connectivity index (χ4v) is 1.98. The molecule has 2 unspecified atom stereocenters. The van der Waals surface area contributed by atoms with Crippen LogP contribution in [0.5, 0.6) is 0 Å². The van der Waals surface area contributed by atoms with Crippen LogP contribution in [0.1, 0.15) is 19.8 Å². The zero-order valence-corrected chi connectivity index (χ0v) is 9.77. The van der Waals surface area contributed by atoms with Crippen molar-refractivity contribution in [1.29, 1.82) is 0 Å². The van der Waals surface area contributed by atoms with E-state index in [0.717, 1.165) is 12.8 Å². The summed E-state index contributed by atoms with van der Waals surface area (Å²) in [5.74, 6) is -5.67. The van der Waals surface area contributed by atoms with E-state index in [2.05, 4.69) is 5.32 Å². The van der Waals surface area contributed by atoms with Gasteiger partial charge in [-0.1, -0.05) is 0 Å². The van der Waals surface area contributed by atoms with E-state index in [1.54, 1.807) is 0 Å². The molecule has 2 rings (SSSR count). The molecule has 18 heavy (non-hydrogen) atoms. The Morgan fingerprint density at radius 1 is 1.17 bits per heavy atom. The monoisotopic (exact) mass is 263 g/mol. The van der Waals surface area contributed by atoms with Crippen molar-refractivity contribution in [3.8, 4) is 0 Å². The van der Waals surface area contributed by atoms with E-state index >= 15 is 0 Å². The molecule has 0 spiro atoms. The molecule has 0 saturated carbocycles. The molecule has 1 aromatic rings. The van der Waals surface area contributed by atoms with Gasteiger partial charge in [0, 0.05) is 12.6 Å². The van der Waals surface area contributed by atoms with Gasteiger partial charge in [0.05, 0.1) is 12.2 Å². The van der Waals surface area contributed by atoms with Gasteiger partial charge < -0.3 is 10.1 Å². The van der Waals surface area contributed by atoms with Crippen LogP contribution in [0.3, 0.4) is 0 Å². The Kier molecular flexibility index (Phi) is 3.75. The number of rotatable bonds is 3. The summed E-state index contributed by atoms with van der Waals surface area (Å²) in [5.41, 5.74) is -0.782. The van der Waals surface area contributed by atoms with Crippen molar-refractivity contribution < 1.29 is 22.3 Å². The fraction of sp³-hybridized carbons (Fsp3) is 0.500. The molecule has 1 N–H and O–H groups in total. The third-order valence-electron chi connectivity index (χ3n) is 2.94. The van der Waals surface area contributed by atoms with Gasteiger partial charge in [0.15, 0.2) is 23.3 Å². The summed E-state index contributed by atoms with van der Waals surface area (Å²) in [6.45, 7) is 2.00. The summed E-state index contributed by atoms with van der Waals surface area (Å²) >= 11 is 0. The predicted octanol–water partition coefficient (Wildman–Crippen LogP) is 3.22. The zero-order valence-electron chi connectivity index (χ0n) is 9.77. The summed E-state index contributed by atoms with van der Waals surface area (Å²) in [5, 5.41) is 2.37. The summed E-state index contributed by atoms with van der Waals surface area (Å²) < 4.78 is 57.9. The van der Waals surface area contributed by atoms with Crippen molar-refractivity contribution in [2.24, 2.45) is 0 Å². The molecule has 0 radical (unpaired) electrons. The number of nitrogens with one attached hydrogen (secondary N) is 1. The molecule has 1 fully saturated rings. The highest BCUT2D eigenvalue weighted by Crippen LogP contribution is 2.25. The van der Waals surface area contributed by atoms with Gasteiger partial charge in [-0.05, 0) is 19.8 Å². The van der Waals surface area contributed by atoms with Crippen LogP contribution >= 0.6 is 0 Å².